The summed E-state index contributed by atoms with van der Waals surface area (Å²) in [5, 5.41) is 3.06. The summed E-state index contributed by atoms with van der Waals surface area (Å²) in [4.78, 5) is 16.9. The van der Waals surface area contributed by atoms with Crippen molar-refractivity contribution < 1.29 is 9.53 Å². The first-order valence-corrected chi connectivity index (χ1v) is 8.45. The van der Waals surface area contributed by atoms with Gasteiger partial charge in [0.15, 0.2) is 0 Å². The van der Waals surface area contributed by atoms with Crippen LogP contribution in [0.15, 0.2) is 54.7 Å². The molecule has 0 saturated heterocycles. The molecule has 0 aliphatic heterocycles. The number of aromatic nitrogens is 1. The van der Waals surface area contributed by atoms with Crippen molar-refractivity contribution in [2.45, 2.75) is 39.3 Å². The van der Waals surface area contributed by atoms with E-state index in [0.29, 0.717) is 12.5 Å². The van der Waals surface area contributed by atoms with Gasteiger partial charge in [0.25, 0.3) is 0 Å². The highest BCUT2D eigenvalue weighted by Crippen LogP contribution is 2.20. The fourth-order valence-corrected chi connectivity index (χ4v) is 2.34. The fourth-order valence-electron chi connectivity index (χ4n) is 2.34. The standard InChI is InChI=1S/C20H26N2O2/c1-15(2)12-14-24-16(3)20(23)22-19(17-9-5-4-6-10-17)18-11-7-8-13-21-18/h4-11,13,15-16,19H,12,14H2,1-3H3,(H,22,23)/t16-,19+/m1/s1. The average molecular weight is 326 g/mol. The van der Waals surface area contributed by atoms with Gasteiger partial charge in [-0.25, -0.2) is 0 Å². The molecular formula is C20H26N2O2. The molecule has 0 aliphatic carbocycles. The second-order valence-corrected chi connectivity index (χ2v) is 6.30. The van der Waals surface area contributed by atoms with Crippen molar-refractivity contribution in [3.05, 3.63) is 66.0 Å². The number of benzene rings is 1. The predicted molar refractivity (Wildman–Crippen MR) is 95.5 cm³/mol. The number of ether oxygens (including phenoxy) is 1. The summed E-state index contributed by atoms with van der Waals surface area (Å²) < 4.78 is 5.65. The first-order chi connectivity index (χ1) is 11.6. The quantitative estimate of drug-likeness (QED) is 0.804. The van der Waals surface area contributed by atoms with Crippen LogP contribution in [0.5, 0.6) is 0 Å². The van der Waals surface area contributed by atoms with Crippen LogP contribution >= 0.6 is 0 Å². The van der Waals surface area contributed by atoms with Gasteiger partial charge in [-0.15, -0.1) is 0 Å². The zero-order valence-electron chi connectivity index (χ0n) is 14.6. The molecule has 0 bridgehead atoms. The van der Waals surface area contributed by atoms with Crippen LogP contribution < -0.4 is 5.32 Å². The Kier molecular flexibility index (Phi) is 6.94. The van der Waals surface area contributed by atoms with Gasteiger partial charge in [-0.3, -0.25) is 9.78 Å². The minimum absolute atomic E-state index is 0.127. The highest BCUT2D eigenvalue weighted by atomic mass is 16.5. The number of carbonyl (C=O) groups is 1. The number of hydrogen-bond acceptors (Lipinski definition) is 3. The van der Waals surface area contributed by atoms with Crippen LogP contribution in [0, 0.1) is 5.92 Å². The zero-order valence-corrected chi connectivity index (χ0v) is 14.6. The van der Waals surface area contributed by atoms with E-state index in [9.17, 15) is 4.79 Å². The number of rotatable bonds is 8. The van der Waals surface area contributed by atoms with Crippen molar-refractivity contribution >= 4 is 5.91 Å². The Morgan fingerprint density at radius 3 is 2.42 bits per heavy atom. The van der Waals surface area contributed by atoms with E-state index in [1.165, 1.54) is 0 Å². The van der Waals surface area contributed by atoms with Crippen LogP contribution in [0.2, 0.25) is 0 Å². The van der Waals surface area contributed by atoms with Crippen molar-refractivity contribution in [3.63, 3.8) is 0 Å². The Hall–Kier alpha value is -2.20. The van der Waals surface area contributed by atoms with E-state index < -0.39 is 6.10 Å². The van der Waals surface area contributed by atoms with E-state index in [2.05, 4.69) is 24.1 Å². The molecule has 128 valence electrons. The van der Waals surface area contributed by atoms with E-state index in [1.807, 2.05) is 48.5 Å². The summed E-state index contributed by atoms with van der Waals surface area (Å²) in [6.07, 6.45) is 2.19. The molecule has 1 aromatic heterocycles. The van der Waals surface area contributed by atoms with Crippen LogP contribution in [-0.4, -0.2) is 23.6 Å². The predicted octanol–water partition coefficient (Wildman–Crippen LogP) is 3.74. The Labute approximate surface area is 144 Å². The van der Waals surface area contributed by atoms with E-state index in [4.69, 9.17) is 4.74 Å². The third-order valence-electron chi connectivity index (χ3n) is 3.84. The van der Waals surface area contributed by atoms with Crippen LogP contribution in [0.1, 0.15) is 44.5 Å². The molecule has 4 nitrogen and oxygen atoms in total. The van der Waals surface area contributed by atoms with E-state index >= 15 is 0 Å². The van der Waals surface area contributed by atoms with Crippen molar-refractivity contribution in [3.8, 4) is 0 Å². The molecule has 1 aromatic carbocycles. The molecule has 24 heavy (non-hydrogen) atoms. The number of carbonyl (C=O) groups excluding carboxylic acids is 1. The summed E-state index contributed by atoms with van der Waals surface area (Å²) in [5.41, 5.74) is 1.81. The minimum atomic E-state index is -0.487. The van der Waals surface area contributed by atoms with Crippen LogP contribution in [0.4, 0.5) is 0 Å². The fraction of sp³-hybridized carbons (Fsp3) is 0.400. The van der Waals surface area contributed by atoms with Crippen LogP contribution in [0.25, 0.3) is 0 Å². The maximum absolute atomic E-state index is 12.5. The molecule has 0 saturated carbocycles. The molecule has 2 rings (SSSR count). The van der Waals surface area contributed by atoms with Gasteiger partial charge in [0.05, 0.1) is 11.7 Å². The zero-order chi connectivity index (χ0) is 17.4. The Morgan fingerprint density at radius 1 is 1.08 bits per heavy atom. The highest BCUT2D eigenvalue weighted by molar-refractivity contribution is 5.81. The third kappa shape index (κ3) is 5.46. The maximum atomic E-state index is 12.5. The Balaban J connectivity index is 2.07. The topological polar surface area (TPSA) is 51.2 Å². The summed E-state index contributed by atoms with van der Waals surface area (Å²) in [5.74, 6) is 0.434. The molecule has 2 atom stereocenters. The average Bonchev–Trinajstić information content (AvgIpc) is 2.60. The second-order valence-electron chi connectivity index (χ2n) is 6.30. The summed E-state index contributed by atoms with van der Waals surface area (Å²) in [6.45, 7) is 6.66. The van der Waals surface area contributed by atoms with E-state index in [1.54, 1.807) is 13.1 Å². The molecule has 0 aliphatic rings. The Morgan fingerprint density at radius 2 is 1.79 bits per heavy atom. The second kappa shape index (κ2) is 9.18. The van der Waals surface area contributed by atoms with Gasteiger partial charge < -0.3 is 10.1 Å². The lowest BCUT2D eigenvalue weighted by Crippen LogP contribution is -2.38. The Bertz CT molecular complexity index is 575. The van der Waals surface area contributed by atoms with Crippen molar-refractivity contribution in [2.75, 3.05) is 6.61 Å². The SMILES string of the molecule is CC(C)CCO[C@H](C)C(=O)N[C@@H](c1ccccc1)c1ccccn1. The maximum Gasteiger partial charge on any atom is 0.249 e. The van der Waals surface area contributed by atoms with Gasteiger partial charge in [0.1, 0.15) is 6.10 Å². The molecule has 1 amide bonds. The van der Waals surface area contributed by atoms with Gasteiger partial charge in [0.2, 0.25) is 5.91 Å². The molecule has 1 heterocycles. The highest BCUT2D eigenvalue weighted by Gasteiger charge is 2.21. The first kappa shape index (κ1) is 18.1. The van der Waals surface area contributed by atoms with Crippen molar-refractivity contribution in [1.29, 1.82) is 0 Å². The summed E-state index contributed by atoms with van der Waals surface area (Å²) in [6, 6.07) is 15.3. The lowest BCUT2D eigenvalue weighted by Gasteiger charge is -2.21. The normalized spacial score (nSPS) is 13.5. The van der Waals surface area contributed by atoms with Gasteiger partial charge >= 0.3 is 0 Å². The summed E-state index contributed by atoms with van der Waals surface area (Å²) in [7, 11) is 0. The monoisotopic (exact) mass is 326 g/mol. The van der Waals surface area contributed by atoms with Crippen molar-refractivity contribution in [1.82, 2.24) is 10.3 Å². The van der Waals surface area contributed by atoms with E-state index in [-0.39, 0.29) is 11.9 Å². The molecular weight excluding hydrogens is 300 g/mol. The lowest BCUT2D eigenvalue weighted by molar-refractivity contribution is -0.132. The largest absolute Gasteiger partial charge is 0.369 e. The van der Waals surface area contributed by atoms with Gasteiger partial charge in [-0.05, 0) is 37.0 Å². The van der Waals surface area contributed by atoms with Crippen molar-refractivity contribution in [2.24, 2.45) is 5.92 Å². The molecule has 0 radical (unpaired) electrons. The minimum Gasteiger partial charge on any atom is -0.369 e. The van der Waals surface area contributed by atoms with Gasteiger partial charge in [0, 0.05) is 12.8 Å². The number of pyridine rings is 1. The third-order valence-corrected chi connectivity index (χ3v) is 3.84. The number of hydrogen-bond donors (Lipinski definition) is 1. The smallest absolute Gasteiger partial charge is 0.249 e. The summed E-state index contributed by atoms with van der Waals surface area (Å²) >= 11 is 0. The van der Waals surface area contributed by atoms with E-state index in [0.717, 1.165) is 17.7 Å². The number of nitrogens with zero attached hydrogens (tertiary/aromatic N) is 1. The van der Waals surface area contributed by atoms with Gasteiger partial charge in [-0.1, -0.05) is 50.2 Å². The molecule has 1 N–H and O–H groups in total. The number of nitrogens with one attached hydrogen (secondary N) is 1. The molecule has 2 aromatic rings. The first-order valence-electron chi connectivity index (χ1n) is 8.45. The number of amides is 1. The van der Waals surface area contributed by atoms with Gasteiger partial charge in [-0.2, -0.15) is 0 Å². The molecule has 0 spiro atoms. The molecule has 4 heteroatoms. The molecule has 0 unspecified atom stereocenters. The lowest BCUT2D eigenvalue weighted by atomic mass is 10.0. The van der Waals surface area contributed by atoms with Crippen LogP contribution in [-0.2, 0) is 9.53 Å². The molecule has 0 fully saturated rings. The van der Waals surface area contributed by atoms with Crippen LogP contribution in [0.3, 0.4) is 0 Å².